The summed E-state index contributed by atoms with van der Waals surface area (Å²) in [6.07, 6.45) is 7.88. The molecule has 2 aromatic carbocycles. The molecule has 2 amide bonds. The van der Waals surface area contributed by atoms with E-state index in [0.717, 1.165) is 49.2 Å². The molecule has 1 aliphatic rings. The van der Waals surface area contributed by atoms with E-state index in [2.05, 4.69) is 17.4 Å². The summed E-state index contributed by atoms with van der Waals surface area (Å²) in [6.45, 7) is 2.95. The van der Waals surface area contributed by atoms with Gasteiger partial charge in [-0.2, -0.15) is 0 Å². The van der Waals surface area contributed by atoms with Gasteiger partial charge in [0.2, 0.25) is 11.8 Å². The molecule has 0 bridgehead atoms. The normalized spacial score (nSPS) is 14.7. The molecule has 35 heavy (non-hydrogen) atoms. The van der Waals surface area contributed by atoms with E-state index in [-0.39, 0.29) is 17.9 Å². The molecule has 1 saturated carbocycles. The summed E-state index contributed by atoms with van der Waals surface area (Å²) in [5, 5.41) is 3.23. The Hall–Kier alpha value is -3.02. The van der Waals surface area contributed by atoms with Crippen LogP contribution in [0.3, 0.4) is 0 Å². The molecule has 0 unspecified atom stereocenters. The minimum Gasteiger partial charge on any atom is -0.497 e. The van der Waals surface area contributed by atoms with E-state index in [9.17, 15) is 9.59 Å². The van der Waals surface area contributed by atoms with Crippen LogP contribution in [0.2, 0.25) is 0 Å². The summed E-state index contributed by atoms with van der Waals surface area (Å²) in [7, 11) is 1.63. The van der Waals surface area contributed by atoms with Crippen molar-refractivity contribution in [2.45, 2.75) is 76.8 Å². The summed E-state index contributed by atoms with van der Waals surface area (Å²) < 4.78 is 11.0. The van der Waals surface area contributed by atoms with Crippen LogP contribution in [-0.2, 0) is 16.0 Å². The summed E-state index contributed by atoms with van der Waals surface area (Å²) >= 11 is 0. The van der Waals surface area contributed by atoms with E-state index < -0.39 is 6.04 Å². The molecule has 0 aromatic heterocycles. The zero-order valence-corrected chi connectivity index (χ0v) is 21.2. The van der Waals surface area contributed by atoms with Crippen LogP contribution in [0.1, 0.15) is 63.9 Å². The van der Waals surface area contributed by atoms with Crippen LogP contribution in [0.5, 0.6) is 11.5 Å². The van der Waals surface area contributed by atoms with E-state index in [1.165, 1.54) is 6.42 Å². The Morgan fingerprint density at radius 1 is 1.00 bits per heavy atom. The van der Waals surface area contributed by atoms with Gasteiger partial charge in [-0.05, 0) is 61.9 Å². The monoisotopic (exact) mass is 480 g/mol. The van der Waals surface area contributed by atoms with Gasteiger partial charge in [0.05, 0.1) is 13.7 Å². The first kappa shape index (κ1) is 26.6. The van der Waals surface area contributed by atoms with Gasteiger partial charge in [-0.3, -0.25) is 9.59 Å². The third kappa shape index (κ3) is 8.61. The summed E-state index contributed by atoms with van der Waals surface area (Å²) in [5.41, 5.74) is 1.16. The molecule has 1 fully saturated rings. The molecule has 0 radical (unpaired) electrons. The molecule has 3 rings (SSSR count). The average Bonchev–Trinajstić information content (AvgIpc) is 2.90. The van der Waals surface area contributed by atoms with Crippen molar-refractivity contribution in [2.75, 3.05) is 20.3 Å². The SMILES string of the molecule is CC[C@@H](C(=O)NC1CCCCC1)N(CCc1ccccc1)C(=O)CCCOc1ccc(OC)cc1. The van der Waals surface area contributed by atoms with Gasteiger partial charge in [0.25, 0.3) is 0 Å². The Morgan fingerprint density at radius 2 is 1.69 bits per heavy atom. The minimum atomic E-state index is -0.448. The van der Waals surface area contributed by atoms with Crippen molar-refractivity contribution in [3.8, 4) is 11.5 Å². The molecule has 0 aliphatic heterocycles. The predicted molar refractivity (Wildman–Crippen MR) is 139 cm³/mol. The number of rotatable bonds is 13. The number of ether oxygens (including phenoxy) is 2. The number of nitrogens with zero attached hydrogens (tertiary/aromatic N) is 1. The van der Waals surface area contributed by atoms with Crippen molar-refractivity contribution in [1.29, 1.82) is 0 Å². The molecule has 1 N–H and O–H groups in total. The van der Waals surface area contributed by atoms with E-state index in [1.54, 1.807) is 12.0 Å². The molecule has 0 saturated heterocycles. The van der Waals surface area contributed by atoms with Crippen molar-refractivity contribution in [3.05, 3.63) is 60.2 Å². The molecular weight excluding hydrogens is 440 g/mol. The van der Waals surface area contributed by atoms with Gasteiger partial charge in [0, 0.05) is 19.0 Å². The van der Waals surface area contributed by atoms with Gasteiger partial charge in [-0.25, -0.2) is 0 Å². The van der Waals surface area contributed by atoms with Gasteiger partial charge in [0.15, 0.2) is 0 Å². The van der Waals surface area contributed by atoms with Gasteiger partial charge in [-0.1, -0.05) is 56.5 Å². The van der Waals surface area contributed by atoms with Crippen LogP contribution in [0.15, 0.2) is 54.6 Å². The first-order valence-electron chi connectivity index (χ1n) is 13.0. The lowest BCUT2D eigenvalue weighted by molar-refractivity contribution is -0.141. The highest BCUT2D eigenvalue weighted by atomic mass is 16.5. The lowest BCUT2D eigenvalue weighted by Crippen LogP contribution is -2.52. The van der Waals surface area contributed by atoms with Crippen LogP contribution in [0.25, 0.3) is 0 Å². The summed E-state index contributed by atoms with van der Waals surface area (Å²) in [6, 6.07) is 17.3. The maximum absolute atomic E-state index is 13.3. The van der Waals surface area contributed by atoms with Crippen LogP contribution < -0.4 is 14.8 Å². The second-order valence-electron chi connectivity index (χ2n) is 9.22. The first-order chi connectivity index (χ1) is 17.1. The molecule has 6 heteroatoms. The molecular formula is C29H40N2O4. The zero-order valence-electron chi connectivity index (χ0n) is 21.2. The Balaban J connectivity index is 1.58. The first-order valence-corrected chi connectivity index (χ1v) is 13.0. The Kier molecular flexibility index (Phi) is 10.9. The maximum Gasteiger partial charge on any atom is 0.243 e. The molecule has 190 valence electrons. The fourth-order valence-electron chi connectivity index (χ4n) is 4.67. The standard InChI is InChI=1S/C29H40N2O4/c1-3-27(29(33)30-24-13-8-5-9-14-24)31(21-20-23-11-6-4-7-12-23)28(32)15-10-22-35-26-18-16-25(34-2)17-19-26/h4,6-7,11-12,16-19,24,27H,3,5,8-10,13-15,20-22H2,1-2H3,(H,30,33)/t27-/m0/s1. The van der Waals surface area contributed by atoms with Gasteiger partial charge in [-0.15, -0.1) is 0 Å². The number of benzene rings is 2. The van der Waals surface area contributed by atoms with Gasteiger partial charge in [0.1, 0.15) is 17.5 Å². The number of carbonyl (C=O) groups excluding carboxylic acids is 2. The van der Waals surface area contributed by atoms with Gasteiger partial charge < -0.3 is 19.7 Å². The zero-order chi connectivity index (χ0) is 24.9. The fourth-order valence-corrected chi connectivity index (χ4v) is 4.67. The third-order valence-corrected chi connectivity index (χ3v) is 6.68. The molecule has 6 nitrogen and oxygen atoms in total. The largest absolute Gasteiger partial charge is 0.497 e. The molecule has 0 spiro atoms. The Bertz CT molecular complexity index is 895. The van der Waals surface area contributed by atoms with Crippen molar-refractivity contribution >= 4 is 11.8 Å². The highest BCUT2D eigenvalue weighted by Gasteiger charge is 2.29. The molecule has 0 heterocycles. The highest BCUT2D eigenvalue weighted by Crippen LogP contribution is 2.20. The van der Waals surface area contributed by atoms with Crippen LogP contribution in [-0.4, -0.2) is 49.1 Å². The van der Waals surface area contributed by atoms with Crippen molar-refractivity contribution in [2.24, 2.45) is 0 Å². The second-order valence-corrected chi connectivity index (χ2v) is 9.22. The van der Waals surface area contributed by atoms with E-state index in [4.69, 9.17) is 9.47 Å². The molecule has 2 aromatic rings. The lowest BCUT2D eigenvalue weighted by Gasteiger charge is -2.33. The fraction of sp³-hybridized carbons (Fsp3) is 0.517. The number of hydrogen-bond donors (Lipinski definition) is 1. The van der Waals surface area contributed by atoms with Crippen LogP contribution in [0.4, 0.5) is 0 Å². The Labute approximate surface area is 210 Å². The van der Waals surface area contributed by atoms with Gasteiger partial charge >= 0.3 is 0 Å². The van der Waals surface area contributed by atoms with Crippen molar-refractivity contribution in [1.82, 2.24) is 10.2 Å². The predicted octanol–water partition coefficient (Wildman–Crippen LogP) is 5.15. The van der Waals surface area contributed by atoms with E-state index in [1.807, 2.05) is 49.4 Å². The number of amides is 2. The molecule has 1 atom stereocenters. The van der Waals surface area contributed by atoms with Crippen molar-refractivity contribution < 1.29 is 19.1 Å². The third-order valence-electron chi connectivity index (χ3n) is 6.68. The number of carbonyl (C=O) groups is 2. The average molecular weight is 481 g/mol. The Morgan fingerprint density at radius 3 is 2.34 bits per heavy atom. The summed E-state index contributed by atoms with van der Waals surface area (Å²) in [4.78, 5) is 28.3. The lowest BCUT2D eigenvalue weighted by atomic mass is 9.95. The van der Waals surface area contributed by atoms with Crippen LogP contribution >= 0.6 is 0 Å². The second kappa shape index (κ2) is 14.4. The topological polar surface area (TPSA) is 67.9 Å². The van der Waals surface area contributed by atoms with Crippen LogP contribution in [0, 0.1) is 0 Å². The number of hydrogen-bond acceptors (Lipinski definition) is 4. The van der Waals surface area contributed by atoms with Crippen molar-refractivity contribution in [3.63, 3.8) is 0 Å². The van der Waals surface area contributed by atoms with E-state index in [0.29, 0.717) is 32.4 Å². The van der Waals surface area contributed by atoms with E-state index >= 15 is 0 Å². The highest BCUT2D eigenvalue weighted by molar-refractivity contribution is 5.87. The maximum atomic E-state index is 13.3. The minimum absolute atomic E-state index is 0.00454. The summed E-state index contributed by atoms with van der Waals surface area (Å²) in [5.74, 6) is 1.51. The molecule has 1 aliphatic carbocycles. The number of methoxy groups -OCH3 is 1. The number of nitrogens with one attached hydrogen (secondary N) is 1. The smallest absolute Gasteiger partial charge is 0.243 e. The quantitative estimate of drug-likeness (QED) is 0.403.